The van der Waals surface area contributed by atoms with Crippen molar-refractivity contribution in [3.63, 3.8) is 0 Å². The van der Waals surface area contributed by atoms with Gasteiger partial charge in [-0.15, -0.1) is 5.11 Å². The van der Waals surface area contributed by atoms with Crippen molar-refractivity contribution in [3.05, 3.63) is 138 Å². The molecule has 7 aromatic carbocycles. The first-order valence-corrected chi connectivity index (χ1v) is 19.9. The lowest BCUT2D eigenvalue weighted by Crippen LogP contribution is -2.04. The van der Waals surface area contributed by atoms with Crippen LogP contribution in [-0.4, -0.2) is 24.7 Å². The van der Waals surface area contributed by atoms with E-state index in [-0.39, 0.29) is 17.1 Å². The number of nitrogens with two attached hydrogens (primary N) is 1. The van der Waals surface area contributed by atoms with Gasteiger partial charge in [0.05, 0.1) is 40.7 Å². The number of aromatic hydroxyl groups is 1. The average molecular weight is 805 g/mol. The molecule has 0 aromatic heterocycles. The van der Waals surface area contributed by atoms with Crippen molar-refractivity contribution in [2.45, 2.75) is 39.0 Å². The molecule has 7 rings (SSSR count). The van der Waals surface area contributed by atoms with Crippen molar-refractivity contribution < 1.29 is 22.8 Å². The monoisotopic (exact) mass is 804 g/mol. The summed E-state index contributed by atoms with van der Waals surface area (Å²) in [6.07, 6.45) is 0.443. The third-order valence-corrected chi connectivity index (χ3v) is 10.5. The van der Waals surface area contributed by atoms with Gasteiger partial charge < -0.3 is 20.9 Å². The molecule has 14 heteroatoms. The van der Waals surface area contributed by atoms with Gasteiger partial charge in [-0.1, -0.05) is 18.2 Å². The van der Waals surface area contributed by atoms with Gasteiger partial charge in [0.2, 0.25) is 0 Å². The maximum atomic E-state index is 11.7. The van der Waals surface area contributed by atoms with Crippen molar-refractivity contribution in [2.75, 3.05) is 17.7 Å². The van der Waals surface area contributed by atoms with E-state index < -0.39 is 15.0 Å². The molecule has 0 fully saturated rings. The van der Waals surface area contributed by atoms with Crippen LogP contribution in [-0.2, 0) is 10.1 Å². The third kappa shape index (κ3) is 9.09. The Morgan fingerprint density at radius 2 is 1.17 bits per heavy atom. The van der Waals surface area contributed by atoms with Crippen molar-refractivity contribution in [1.29, 1.82) is 0 Å². The SMILES string of the molecule is [CH]CCOc1cccc2cc(N=Nc3cc(C)c(N=Nc4cc(C)c(N=Nc5ccc6cc(Nc7ccc(N)c(S(=O)(=O)O)c7)ccc6c5O)cc4C)cc3C)ccc12. The van der Waals surface area contributed by atoms with Gasteiger partial charge in [-0.3, -0.25) is 4.55 Å². The van der Waals surface area contributed by atoms with Crippen LogP contribution in [0.1, 0.15) is 28.7 Å². The fourth-order valence-corrected chi connectivity index (χ4v) is 7.03. The molecule has 0 atom stereocenters. The van der Waals surface area contributed by atoms with Gasteiger partial charge in [0.1, 0.15) is 16.3 Å². The van der Waals surface area contributed by atoms with E-state index >= 15 is 0 Å². The molecule has 0 heterocycles. The minimum absolute atomic E-state index is 0.0473. The Kier molecular flexibility index (Phi) is 11.5. The number of hydrogen-bond donors (Lipinski definition) is 4. The molecular formula is C45H40N8O5S. The number of nitrogen functional groups attached to an aromatic ring is 1. The molecule has 0 saturated carbocycles. The van der Waals surface area contributed by atoms with Crippen molar-refractivity contribution in [1.82, 2.24) is 0 Å². The number of benzene rings is 7. The van der Waals surface area contributed by atoms with Crippen molar-refractivity contribution >= 4 is 82.8 Å². The second kappa shape index (κ2) is 16.8. The van der Waals surface area contributed by atoms with E-state index in [1.807, 2.05) is 88.4 Å². The minimum Gasteiger partial charge on any atom is -0.505 e. The van der Waals surface area contributed by atoms with Crippen LogP contribution in [0.15, 0.2) is 145 Å². The summed E-state index contributed by atoms with van der Waals surface area (Å²) in [5, 5.41) is 44.4. The van der Waals surface area contributed by atoms with Crippen LogP contribution in [0.25, 0.3) is 21.5 Å². The lowest BCUT2D eigenvalue weighted by atomic mass is 10.1. The number of rotatable bonds is 12. The maximum Gasteiger partial charge on any atom is 0.296 e. The fourth-order valence-electron chi connectivity index (χ4n) is 6.39. The Morgan fingerprint density at radius 1 is 0.627 bits per heavy atom. The van der Waals surface area contributed by atoms with Gasteiger partial charge in [-0.25, -0.2) is 0 Å². The highest BCUT2D eigenvalue weighted by atomic mass is 32.2. The van der Waals surface area contributed by atoms with Gasteiger partial charge in [-0.2, -0.15) is 34.0 Å². The van der Waals surface area contributed by atoms with Crippen LogP contribution >= 0.6 is 0 Å². The first-order valence-electron chi connectivity index (χ1n) is 18.5. The zero-order valence-electron chi connectivity index (χ0n) is 32.7. The fraction of sp³-hybridized carbons (Fsp3) is 0.133. The number of ether oxygens (including phenoxy) is 1. The number of hydrogen-bond acceptors (Lipinski definition) is 12. The van der Waals surface area contributed by atoms with Crippen LogP contribution in [0.4, 0.5) is 51.2 Å². The number of anilines is 3. The Labute approximate surface area is 341 Å². The molecule has 0 bridgehead atoms. The number of fused-ring (bicyclic) bond motifs is 2. The van der Waals surface area contributed by atoms with E-state index in [1.54, 1.807) is 36.4 Å². The lowest BCUT2D eigenvalue weighted by molar-refractivity contribution is 0.328. The topological polar surface area (TPSA) is 196 Å². The molecule has 0 saturated heterocycles. The van der Waals surface area contributed by atoms with Gasteiger partial charge in [0.15, 0.2) is 5.75 Å². The van der Waals surface area contributed by atoms with E-state index in [9.17, 15) is 18.1 Å². The Hall–Kier alpha value is -7.03. The molecule has 0 aliphatic carbocycles. The molecule has 59 heavy (non-hydrogen) atoms. The van der Waals surface area contributed by atoms with E-state index in [2.05, 4.69) is 36.0 Å². The van der Waals surface area contributed by atoms with E-state index in [4.69, 9.17) is 17.4 Å². The second-order valence-corrected chi connectivity index (χ2v) is 15.4. The van der Waals surface area contributed by atoms with Crippen LogP contribution in [0.3, 0.4) is 0 Å². The molecular weight excluding hydrogens is 765 g/mol. The molecule has 0 aliphatic rings. The maximum absolute atomic E-state index is 11.7. The number of azo groups is 3. The molecule has 0 amide bonds. The predicted octanol–water partition coefficient (Wildman–Crippen LogP) is 13.2. The molecule has 0 unspecified atom stereocenters. The van der Waals surface area contributed by atoms with Crippen molar-refractivity contribution in [2.24, 2.45) is 30.7 Å². The van der Waals surface area contributed by atoms with Crippen molar-refractivity contribution in [3.8, 4) is 11.5 Å². The standard InChI is InChI=1S/C45H40N8O5S/c1-6-18-58-43-9-7-8-30-24-34(12-14-35(30)43)48-50-39-19-27(3)41(20-26(39)2)52-53-42-22-28(4)40(21-29(42)5)51-49-38-17-10-31-23-32(11-15-36(31)45(38)54)47-33-13-16-37(46)44(25-33)59(55,56)57/h1,7-17,19-25,47,54H,6,18,46H2,2-5H3,(H,55,56,57). The summed E-state index contributed by atoms with van der Waals surface area (Å²) in [6.45, 7) is 13.8. The average Bonchev–Trinajstić information content (AvgIpc) is 3.20. The highest BCUT2D eigenvalue weighted by molar-refractivity contribution is 7.86. The summed E-state index contributed by atoms with van der Waals surface area (Å²) in [7, 11) is -4.49. The number of phenolic OH excluding ortho intramolecular Hbond substituents is 1. The molecule has 7 aromatic rings. The quantitative estimate of drug-likeness (QED) is 0.0535. The second-order valence-electron chi connectivity index (χ2n) is 14.0. The summed E-state index contributed by atoms with van der Waals surface area (Å²) in [5.74, 6) is 0.737. The van der Waals surface area contributed by atoms with E-state index in [0.717, 1.165) is 50.2 Å². The highest BCUT2D eigenvalue weighted by Crippen LogP contribution is 2.39. The van der Waals surface area contributed by atoms with Crippen LogP contribution < -0.4 is 15.8 Å². The molecule has 5 N–H and O–H groups in total. The number of nitrogens with zero attached hydrogens (tertiary/aromatic N) is 6. The predicted molar refractivity (Wildman–Crippen MR) is 232 cm³/mol. The Balaban J connectivity index is 1.04. The first-order chi connectivity index (χ1) is 28.3. The zero-order chi connectivity index (χ0) is 41.8. The molecule has 296 valence electrons. The van der Waals surface area contributed by atoms with E-state index in [0.29, 0.717) is 52.2 Å². The first kappa shape index (κ1) is 40.2. The summed E-state index contributed by atoms with van der Waals surface area (Å²) in [4.78, 5) is -0.392. The van der Waals surface area contributed by atoms with Gasteiger partial charge in [-0.05, 0) is 165 Å². The summed E-state index contributed by atoms with van der Waals surface area (Å²) >= 11 is 0. The molecule has 0 spiro atoms. The highest BCUT2D eigenvalue weighted by Gasteiger charge is 2.15. The van der Waals surface area contributed by atoms with Crippen LogP contribution in [0.5, 0.6) is 11.5 Å². The van der Waals surface area contributed by atoms with E-state index in [1.165, 1.54) is 12.1 Å². The molecule has 2 radical (unpaired) electrons. The number of nitrogens with one attached hydrogen (secondary N) is 1. The Morgan fingerprint density at radius 3 is 1.78 bits per heavy atom. The van der Waals surface area contributed by atoms with Gasteiger partial charge in [0, 0.05) is 22.1 Å². The van der Waals surface area contributed by atoms with Gasteiger partial charge >= 0.3 is 0 Å². The number of phenols is 1. The number of aryl methyl sites for hydroxylation is 4. The third-order valence-electron chi connectivity index (χ3n) is 9.58. The molecule has 13 nitrogen and oxygen atoms in total. The lowest BCUT2D eigenvalue weighted by Gasteiger charge is -2.11. The Bertz CT molecular complexity index is 2970. The summed E-state index contributed by atoms with van der Waals surface area (Å²) in [6, 6.07) is 32.3. The smallest absolute Gasteiger partial charge is 0.296 e. The molecule has 0 aliphatic heterocycles. The zero-order valence-corrected chi connectivity index (χ0v) is 33.5. The summed E-state index contributed by atoms with van der Waals surface area (Å²) in [5.41, 5.74) is 13.9. The van der Waals surface area contributed by atoms with Crippen LogP contribution in [0, 0.1) is 34.6 Å². The van der Waals surface area contributed by atoms with Crippen LogP contribution in [0.2, 0.25) is 0 Å². The summed E-state index contributed by atoms with van der Waals surface area (Å²) < 4.78 is 38.6. The largest absolute Gasteiger partial charge is 0.505 e. The minimum atomic E-state index is -4.49. The normalized spacial score (nSPS) is 12.1. The van der Waals surface area contributed by atoms with Gasteiger partial charge in [0.25, 0.3) is 10.1 Å².